The topological polar surface area (TPSA) is 98.8 Å². The van der Waals surface area contributed by atoms with Gasteiger partial charge in [0.15, 0.2) is 0 Å². The predicted octanol–water partition coefficient (Wildman–Crippen LogP) is 2.73. The fraction of sp³-hybridized carbons (Fsp3) is 0.769. The van der Waals surface area contributed by atoms with Crippen LogP contribution < -0.4 is 10.6 Å². The molecule has 0 aromatic rings. The standard InChI is InChI=1S/C26H46N4O4/c1-18(2)10-11-24(32)30-14-9-8-13-29(15-12-19(3)4)26(34)22(16-20(5)6)28-25(33)21(7)27-23(31)17-30/h8-9,18-22H,10-17H2,1-7H3,(H,27,31)(H,28,33)/b9-8+/t21-,22-/m0/s1. The number of hydrogen-bond acceptors (Lipinski definition) is 4. The Bertz CT molecular complexity index is 718. The summed E-state index contributed by atoms with van der Waals surface area (Å²) < 4.78 is 0. The molecular formula is C26H46N4O4. The van der Waals surface area contributed by atoms with Crippen LogP contribution in [0, 0.1) is 17.8 Å². The lowest BCUT2D eigenvalue weighted by Crippen LogP contribution is -2.55. The van der Waals surface area contributed by atoms with Crippen molar-refractivity contribution in [1.29, 1.82) is 0 Å². The third-order valence-corrected chi connectivity index (χ3v) is 5.82. The minimum absolute atomic E-state index is 0.0950. The third-order valence-electron chi connectivity index (χ3n) is 5.82. The Hall–Kier alpha value is -2.38. The first kappa shape index (κ1) is 29.7. The minimum atomic E-state index is -0.815. The van der Waals surface area contributed by atoms with Crippen LogP contribution in [0.25, 0.3) is 0 Å². The molecule has 0 radical (unpaired) electrons. The van der Waals surface area contributed by atoms with E-state index in [2.05, 4.69) is 38.3 Å². The lowest BCUT2D eigenvalue weighted by atomic mass is 10.0. The van der Waals surface area contributed by atoms with Gasteiger partial charge in [-0.3, -0.25) is 19.2 Å². The van der Waals surface area contributed by atoms with E-state index in [0.29, 0.717) is 37.8 Å². The van der Waals surface area contributed by atoms with Gasteiger partial charge in [0.25, 0.3) is 0 Å². The number of carbonyl (C=O) groups is 4. The summed E-state index contributed by atoms with van der Waals surface area (Å²) in [5.41, 5.74) is 0. The van der Waals surface area contributed by atoms with Gasteiger partial charge in [0, 0.05) is 26.1 Å². The van der Waals surface area contributed by atoms with Crippen molar-refractivity contribution in [3.05, 3.63) is 12.2 Å². The SMILES string of the molecule is CC(C)CCC(=O)N1C/C=C/CN(CCC(C)C)C(=O)[C@H](CC(C)C)NC(=O)[C@H](C)NC(=O)C1. The molecule has 0 bridgehead atoms. The van der Waals surface area contributed by atoms with Crippen molar-refractivity contribution in [1.82, 2.24) is 20.4 Å². The maximum absolute atomic E-state index is 13.4. The van der Waals surface area contributed by atoms with Crippen molar-refractivity contribution in [2.45, 2.75) is 86.2 Å². The summed E-state index contributed by atoms with van der Waals surface area (Å²) in [6.45, 7) is 15.1. The van der Waals surface area contributed by atoms with E-state index in [4.69, 9.17) is 0 Å². The van der Waals surface area contributed by atoms with E-state index >= 15 is 0 Å². The second-order valence-corrected chi connectivity index (χ2v) is 10.6. The summed E-state index contributed by atoms with van der Waals surface area (Å²) in [7, 11) is 0. The fourth-order valence-corrected chi connectivity index (χ4v) is 3.67. The molecule has 0 saturated carbocycles. The second kappa shape index (κ2) is 14.8. The normalized spacial score (nSPS) is 22.1. The Labute approximate surface area is 205 Å². The van der Waals surface area contributed by atoms with Crippen LogP contribution in [-0.4, -0.2) is 71.7 Å². The quantitative estimate of drug-likeness (QED) is 0.524. The Morgan fingerprint density at radius 2 is 1.56 bits per heavy atom. The van der Waals surface area contributed by atoms with Crippen LogP contribution in [0.1, 0.15) is 74.1 Å². The van der Waals surface area contributed by atoms with Crippen LogP contribution in [0.5, 0.6) is 0 Å². The third kappa shape index (κ3) is 11.2. The van der Waals surface area contributed by atoms with E-state index in [-0.39, 0.29) is 30.8 Å². The molecule has 194 valence electrons. The fourth-order valence-electron chi connectivity index (χ4n) is 3.67. The maximum atomic E-state index is 13.4. The first-order valence-corrected chi connectivity index (χ1v) is 12.7. The average Bonchev–Trinajstić information content (AvgIpc) is 2.73. The monoisotopic (exact) mass is 478 g/mol. The molecule has 0 aromatic heterocycles. The van der Waals surface area contributed by atoms with Gasteiger partial charge in [-0.1, -0.05) is 53.7 Å². The molecule has 0 saturated heterocycles. The molecule has 1 aliphatic heterocycles. The summed E-state index contributed by atoms with van der Waals surface area (Å²) >= 11 is 0. The summed E-state index contributed by atoms with van der Waals surface area (Å²) in [5, 5.41) is 5.54. The highest BCUT2D eigenvalue weighted by Crippen LogP contribution is 2.12. The van der Waals surface area contributed by atoms with Crippen LogP contribution >= 0.6 is 0 Å². The molecule has 34 heavy (non-hydrogen) atoms. The van der Waals surface area contributed by atoms with Crippen LogP contribution in [0.4, 0.5) is 0 Å². The highest BCUT2D eigenvalue weighted by molar-refractivity contribution is 5.93. The average molecular weight is 479 g/mol. The molecule has 0 aliphatic carbocycles. The Kier molecular flexibility index (Phi) is 12.9. The summed E-state index contributed by atoms with van der Waals surface area (Å²) in [4.78, 5) is 54.9. The van der Waals surface area contributed by atoms with Gasteiger partial charge in [-0.15, -0.1) is 0 Å². The zero-order valence-electron chi connectivity index (χ0n) is 22.2. The molecule has 0 spiro atoms. The van der Waals surface area contributed by atoms with Crippen LogP contribution in [-0.2, 0) is 19.2 Å². The minimum Gasteiger partial charge on any atom is -0.343 e. The van der Waals surface area contributed by atoms with E-state index in [1.807, 2.05) is 26.0 Å². The molecule has 8 nitrogen and oxygen atoms in total. The van der Waals surface area contributed by atoms with Crippen molar-refractivity contribution in [2.75, 3.05) is 26.2 Å². The first-order chi connectivity index (χ1) is 15.9. The highest BCUT2D eigenvalue weighted by Gasteiger charge is 2.29. The lowest BCUT2D eigenvalue weighted by Gasteiger charge is -2.30. The largest absolute Gasteiger partial charge is 0.343 e. The van der Waals surface area contributed by atoms with Gasteiger partial charge >= 0.3 is 0 Å². The molecule has 2 N–H and O–H groups in total. The Balaban J connectivity index is 3.17. The van der Waals surface area contributed by atoms with E-state index in [0.717, 1.165) is 12.8 Å². The van der Waals surface area contributed by atoms with E-state index in [1.165, 1.54) is 4.90 Å². The molecule has 1 heterocycles. The van der Waals surface area contributed by atoms with Gasteiger partial charge in [0.2, 0.25) is 23.6 Å². The lowest BCUT2D eigenvalue weighted by molar-refractivity contribution is -0.138. The number of nitrogens with one attached hydrogen (secondary N) is 2. The number of amides is 4. The molecule has 1 rings (SSSR count). The van der Waals surface area contributed by atoms with Crippen molar-refractivity contribution >= 4 is 23.6 Å². The van der Waals surface area contributed by atoms with Crippen LogP contribution in [0.3, 0.4) is 0 Å². The molecule has 4 amide bonds. The molecule has 1 aliphatic rings. The molecule has 8 heteroatoms. The number of carbonyl (C=O) groups excluding carboxylic acids is 4. The zero-order chi connectivity index (χ0) is 25.8. The Morgan fingerprint density at radius 3 is 2.15 bits per heavy atom. The molecule has 0 unspecified atom stereocenters. The van der Waals surface area contributed by atoms with Gasteiger partial charge in [-0.2, -0.15) is 0 Å². The van der Waals surface area contributed by atoms with Crippen molar-refractivity contribution in [3.63, 3.8) is 0 Å². The van der Waals surface area contributed by atoms with Crippen molar-refractivity contribution in [2.24, 2.45) is 17.8 Å². The predicted molar refractivity (Wildman–Crippen MR) is 135 cm³/mol. The molecule has 0 fully saturated rings. The van der Waals surface area contributed by atoms with Gasteiger partial charge in [-0.25, -0.2) is 0 Å². The van der Waals surface area contributed by atoms with Crippen LogP contribution in [0.2, 0.25) is 0 Å². The van der Waals surface area contributed by atoms with E-state index in [1.54, 1.807) is 11.8 Å². The second-order valence-electron chi connectivity index (χ2n) is 10.6. The van der Waals surface area contributed by atoms with Gasteiger partial charge in [0.1, 0.15) is 12.1 Å². The van der Waals surface area contributed by atoms with Crippen LogP contribution in [0.15, 0.2) is 12.2 Å². The molecular weight excluding hydrogens is 432 g/mol. The molecule has 2 atom stereocenters. The van der Waals surface area contributed by atoms with Gasteiger partial charge < -0.3 is 20.4 Å². The van der Waals surface area contributed by atoms with Gasteiger partial charge in [-0.05, 0) is 43.9 Å². The van der Waals surface area contributed by atoms with Crippen molar-refractivity contribution < 1.29 is 19.2 Å². The van der Waals surface area contributed by atoms with E-state index < -0.39 is 23.9 Å². The summed E-state index contributed by atoms with van der Waals surface area (Å²) in [6, 6.07) is -1.46. The Morgan fingerprint density at radius 1 is 0.941 bits per heavy atom. The number of rotatable bonds is 8. The summed E-state index contributed by atoms with van der Waals surface area (Å²) in [6.07, 6.45) is 6.21. The van der Waals surface area contributed by atoms with Gasteiger partial charge in [0.05, 0.1) is 6.54 Å². The summed E-state index contributed by atoms with van der Waals surface area (Å²) in [5.74, 6) is 0.0299. The van der Waals surface area contributed by atoms with E-state index in [9.17, 15) is 19.2 Å². The maximum Gasteiger partial charge on any atom is 0.245 e. The number of hydrogen-bond donors (Lipinski definition) is 2. The zero-order valence-corrected chi connectivity index (χ0v) is 22.2. The number of nitrogens with zero attached hydrogens (tertiary/aromatic N) is 2. The smallest absolute Gasteiger partial charge is 0.245 e. The van der Waals surface area contributed by atoms with Crippen molar-refractivity contribution in [3.8, 4) is 0 Å². The highest BCUT2D eigenvalue weighted by atomic mass is 16.2. The first-order valence-electron chi connectivity index (χ1n) is 12.7. The molecule has 0 aromatic carbocycles.